The standard InChI is InChI=1S/C29H22O4Se/c30-26(19-10-4-1-5-11-19)23-17-25(27(31)20-12-6-2-7-13-20)29-24(28(23)32)16-21(33-29)18-34-22-14-8-3-9-15-22/h1-15,17,21,32H,16,18H2. The summed E-state index contributed by atoms with van der Waals surface area (Å²) >= 11 is 0.190. The second kappa shape index (κ2) is 9.68. The van der Waals surface area contributed by atoms with Gasteiger partial charge in [-0.25, -0.2) is 0 Å². The number of rotatable bonds is 7. The molecular weight excluding hydrogens is 491 g/mol. The van der Waals surface area contributed by atoms with Gasteiger partial charge < -0.3 is 0 Å². The van der Waals surface area contributed by atoms with Crippen LogP contribution < -0.4 is 9.20 Å². The first-order valence-corrected chi connectivity index (χ1v) is 13.1. The van der Waals surface area contributed by atoms with Gasteiger partial charge in [0.2, 0.25) is 0 Å². The molecule has 0 radical (unpaired) electrons. The van der Waals surface area contributed by atoms with Crippen molar-refractivity contribution >= 4 is 31.0 Å². The second-order valence-corrected chi connectivity index (χ2v) is 10.4. The molecule has 168 valence electrons. The Labute approximate surface area is 204 Å². The number of aromatic hydroxyl groups is 1. The molecule has 1 N–H and O–H groups in total. The predicted molar refractivity (Wildman–Crippen MR) is 133 cm³/mol. The van der Waals surface area contributed by atoms with Gasteiger partial charge in [-0.15, -0.1) is 0 Å². The zero-order valence-electron chi connectivity index (χ0n) is 18.3. The van der Waals surface area contributed by atoms with E-state index in [1.807, 2.05) is 30.3 Å². The minimum absolute atomic E-state index is 0.0943. The third-order valence-electron chi connectivity index (χ3n) is 5.80. The fourth-order valence-corrected chi connectivity index (χ4v) is 6.02. The summed E-state index contributed by atoms with van der Waals surface area (Å²) in [4.78, 5) is 26.7. The van der Waals surface area contributed by atoms with E-state index < -0.39 is 0 Å². The molecule has 1 aliphatic rings. The van der Waals surface area contributed by atoms with E-state index in [-0.39, 0.29) is 43.9 Å². The van der Waals surface area contributed by atoms with E-state index in [0.717, 1.165) is 5.32 Å². The van der Waals surface area contributed by atoms with E-state index in [1.54, 1.807) is 48.5 Å². The Morgan fingerprint density at radius 3 is 1.91 bits per heavy atom. The van der Waals surface area contributed by atoms with Gasteiger partial charge in [0, 0.05) is 0 Å². The third-order valence-corrected chi connectivity index (χ3v) is 8.21. The number of ether oxygens (including phenoxy) is 1. The first-order chi connectivity index (χ1) is 16.6. The van der Waals surface area contributed by atoms with Crippen LogP contribution >= 0.6 is 0 Å². The summed E-state index contributed by atoms with van der Waals surface area (Å²) in [6.45, 7) is 0. The van der Waals surface area contributed by atoms with Crippen LogP contribution in [0.15, 0.2) is 97.1 Å². The molecule has 5 heteroatoms. The van der Waals surface area contributed by atoms with E-state index >= 15 is 0 Å². The van der Waals surface area contributed by atoms with Crippen molar-refractivity contribution in [1.29, 1.82) is 0 Å². The average Bonchev–Trinajstić information content (AvgIpc) is 3.33. The monoisotopic (exact) mass is 514 g/mol. The van der Waals surface area contributed by atoms with Crippen LogP contribution in [0.3, 0.4) is 0 Å². The van der Waals surface area contributed by atoms with E-state index in [0.29, 0.717) is 34.4 Å². The molecule has 4 aromatic rings. The molecule has 0 amide bonds. The Balaban J connectivity index is 1.53. The number of carbonyl (C=O) groups excluding carboxylic acids is 2. The molecular formula is C29H22O4Se. The van der Waals surface area contributed by atoms with Crippen molar-refractivity contribution in [2.45, 2.75) is 17.8 Å². The van der Waals surface area contributed by atoms with E-state index in [1.165, 1.54) is 10.5 Å². The van der Waals surface area contributed by atoms with Gasteiger partial charge in [-0.2, -0.15) is 0 Å². The Kier molecular flexibility index (Phi) is 6.31. The van der Waals surface area contributed by atoms with Crippen LogP contribution in [0.5, 0.6) is 11.5 Å². The molecule has 0 saturated carbocycles. The van der Waals surface area contributed by atoms with Gasteiger partial charge in [0.05, 0.1) is 0 Å². The van der Waals surface area contributed by atoms with Gasteiger partial charge in [-0.3, -0.25) is 0 Å². The molecule has 1 unspecified atom stereocenters. The normalized spacial score (nSPS) is 14.3. The molecule has 0 aliphatic carbocycles. The minimum atomic E-state index is -0.319. The zero-order chi connectivity index (χ0) is 23.5. The number of hydrogen-bond acceptors (Lipinski definition) is 4. The summed E-state index contributed by atoms with van der Waals surface area (Å²) in [5, 5.41) is 11.9. The van der Waals surface area contributed by atoms with Gasteiger partial charge in [0.15, 0.2) is 0 Å². The number of phenols is 1. The van der Waals surface area contributed by atoms with Crippen molar-refractivity contribution in [1.82, 2.24) is 0 Å². The van der Waals surface area contributed by atoms with E-state index in [9.17, 15) is 14.7 Å². The summed E-state index contributed by atoms with van der Waals surface area (Å²) in [6.07, 6.45) is 0.297. The predicted octanol–water partition coefficient (Wildman–Crippen LogP) is 4.61. The number of fused-ring (bicyclic) bond motifs is 1. The number of phenolic OH excluding ortho intramolecular Hbond substituents is 1. The summed E-state index contributed by atoms with van der Waals surface area (Å²) in [5.74, 6) is -0.249. The van der Waals surface area contributed by atoms with Crippen LogP contribution in [-0.4, -0.2) is 37.7 Å². The zero-order valence-corrected chi connectivity index (χ0v) is 20.0. The van der Waals surface area contributed by atoms with Gasteiger partial charge in [0.25, 0.3) is 0 Å². The number of hydrogen-bond donors (Lipinski definition) is 1. The second-order valence-electron chi connectivity index (χ2n) is 8.09. The van der Waals surface area contributed by atoms with Crippen molar-refractivity contribution in [3.8, 4) is 11.5 Å². The molecule has 4 aromatic carbocycles. The summed E-state index contributed by atoms with van der Waals surface area (Å²) in [5.41, 5.74) is 1.94. The van der Waals surface area contributed by atoms with Gasteiger partial charge in [0.1, 0.15) is 0 Å². The Hall–Kier alpha value is -3.66. The summed E-state index contributed by atoms with van der Waals surface area (Å²) in [7, 11) is 0. The maximum atomic E-state index is 13.4. The van der Waals surface area contributed by atoms with Crippen LogP contribution in [0.25, 0.3) is 0 Å². The van der Waals surface area contributed by atoms with Crippen LogP contribution in [0.1, 0.15) is 37.4 Å². The first kappa shape index (κ1) is 22.1. The van der Waals surface area contributed by atoms with Gasteiger partial charge in [-0.05, 0) is 0 Å². The first-order valence-electron chi connectivity index (χ1n) is 11.0. The number of ketones is 2. The fourth-order valence-electron chi connectivity index (χ4n) is 4.10. The van der Waals surface area contributed by atoms with Crippen LogP contribution in [0, 0.1) is 0 Å². The molecule has 1 aliphatic heterocycles. The number of benzene rings is 4. The molecule has 0 saturated heterocycles. The topological polar surface area (TPSA) is 63.6 Å². The van der Waals surface area contributed by atoms with Crippen molar-refractivity contribution in [2.24, 2.45) is 0 Å². The van der Waals surface area contributed by atoms with Crippen LogP contribution in [0.2, 0.25) is 5.32 Å². The molecule has 0 fully saturated rings. The quantitative estimate of drug-likeness (QED) is 0.290. The molecule has 0 spiro atoms. The molecule has 1 atom stereocenters. The third kappa shape index (κ3) is 4.41. The van der Waals surface area contributed by atoms with Crippen molar-refractivity contribution in [3.05, 3.63) is 125 Å². The van der Waals surface area contributed by atoms with Crippen molar-refractivity contribution < 1.29 is 19.4 Å². The molecule has 0 aromatic heterocycles. The Morgan fingerprint density at radius 2 is 1.32 bits per heavy atom. The molecule has 34 heavy (non-hydrogen) atoms. The SMILES string of the molecule is O=C(c1ccccc1)c1cc(C(=O)c2ccccc2)c2c(c1O)CC(C[Se]c1ccccc1)O2. The average molecular weight is 513 g/mol. The van der Waals surface area contributed by atoms with Crippen molar-refractivity contribution in [3.63, 3.8) is 0 Å². The van der Waals surface area contributed by atoms with Gasteiger partial charge >= 0.3 is 205 Å². The number of carbonyl (C=O) groups is 2. The van der Waals surface area contributed by atoms with E-state index in [4.69, 9.17) is 4.74 Å². The van der Waals surface area contributed by atoms with Crippen LogP contribution in [-0.2, 0) is 6.42 Å². The Morgan fingerprint density at radius 1 is 0.794 bits per heavy atom. The van der Waals surface area contributed by atoms with Crippen molar-refractivity contribution in [2.75, 3.05) is 0 Å². The van der Waals surface area contributed by atoms with E-state index in [2.05, 4.69) is 12.1 Å². The molecule has 0 bridgehead atoms. The summed E-state index contributed by atoms with van der Waals surface area (Å²) in [6, 6.07) is 29.4. The molecule has 4 nitrogen and oxygen atoms in total. The Bertz CT molecular complexity index is 1340. The summed E-state index contributed by atoms with van der Waals surface area (Å²) < 4.78 is 7.51. The molecule has 1 heterocycles. The van der Waals surface area contributed by atoms with Gasteiger partial charge in [-0.1, -0.05) is 0 Å². The molecule has 5 rings (SSSR count). The fraction of sp³-hybridized carbons (Fsp3) is 0.103. The van der Waals surface area contributed by atoms with Crippen LogP contribution in [0.4, 0.5) is 0 Å². The maximum absolute atomic E-state index is 13.4.